The van der Waals surface area contributed by atoms with Crippen molar-refractivity contribution in [3.63, 3.8) is 0 Å². The van der Waals surface area contributed by atoms with Gasteiger partial charge in [0.25, 0.3) is 11.8 Å². The summed E-state index contributed by atoms with van der Waals surface area (Å²) in [7, 11) is 0. The Hall–Kier alpha value is -2.12. The summed E-state index contributed by atoms with van der Waals surface area (Å²) in [5.74, 6) is 0.975. The molecule has 1 saturated heterocycles. The average Bonchev–Trinajstić information content (AvgIpc) is 2.91. The maximum absolute atomic E-state index is 5.58. The molecule has 0 atom stereocenters. The summed E-state index contributed by atoms with van der Waals surface area (Å²) < 4.78 is 9.65. The zero-order valence-electron chi connectivity index (χ0n) is 9.87. The van der Waals surface area contributed by atoms with Gasteiger partial charge < -0.3 is 15.2 Å². The van der Waals surface area contributed by atoms with Gasteiger partial charge in [0, 0.05) is 13.1 Å². The van der Waals surface area contributed by atoms with Gasteiger partial charge in [-0.3, -0.25) is 0 Å². The molecule has 0 radical (unpaired) electrons. The molecule has 8 nitrogen and oxygen atoms in total. The molecule has 8 heteroatoms. The van der Waals surface area contributed by atoms with Crippen LogP contribution in [0.25, 0.3) is 11.6 Å². The summed E-state index contributed by atoms with van der Waals surface area (Å²) in [6.07, 6.45) is 4.80. The number of nitrogen functional groups attached to an aromatic ring is 1. The Morgan fingerprint density at radius 3 is 2.44 bits per heavy atom. The van der Waals surface area contributed by atoms with Crippen LogP contribution in [0.5, 0.6) is 0 Å². The lowest BCUT2D eigenvalue weighted by Crippen LogP contribution is -2.24. The topological polar surface area (TPSA) is 107 Å². The van der Waals surface area contributed by atoms with Crippen molar-refractivity contribution in [3.05, 3.63) is 0 Å². The van der Waals surface area contributed by atoms with Gasteiger partial charge in [-0.25, -0.2) is 4.63 Å². The molecule has 1 fully saturated rings. The summed E-state index contributed by atoms with van der Waals surface area (Å²) >= 11 is 0. The third-order valence-electron chi connectivity index (χ3n) is 3.02. The van der Waals surface area contributed by atoms with Gasteiger partial charge in [0.15, 0.2) is 0 Å². The van der Waals surface area contributed by atoms with Gasteiger partial charge in [-0.05, 0) is 28.3 Å². The number of hydrogen-bond acceptors (Lipinski definition) is 8. The van der Waals surface area contributed by atoms with Crippen LogP contribution in [0.1, 0.15) is 25.7 Å². The standard InChI is InChI=1S/C10H14N6O2/c11-8-7(13-18-14-8)9-12-10(15-17-9)16-5-3-1-2-4-6-16/h1-6H2,(H2,11,14). The van der Waals surface area contributed by atoms with E-state index in [1.165, 1.54) is 12.8 Å². The minimum Gasteiger partial charge on any atom is -0.379 e. The Morgan fingerprint density at radius 2 is 1.78 bits per heavy atom. The Kier molecular flexibility index (Phi) is 2.83. The van der Waals surface area contributed by atoms with E-state index < -0.39 is 0 Å². The van der Waals surface area contributed by atoms with E-state index in [1.54, 1.807) is 0 Å². The van der Waals surface area contributed by atoms with Crippen molar-refractivity contribution in [1.29, 1.82) is 0 Å². The molecule has 2 N–H and O–H groups in total. The van der Waals surface area contributed by atoms with Crippen LogP contribution in [0.4, 0.5) is 11.8 Å². The SMILES string of the molecule is Nc1nonc1-c1nc(N2CCCCCC2)no1. The fraction of sp³-hybridized carbons (Fsp3) is 0.600. The van der Waals surface area contributed by atoms with Crippen LogP contribution in [0.3, 0.4) is 0 Å². The fourth-order valence-corrected chi connectivity index (χ4v) is 2.05. The van der Waals surface area contributed by atoms with Crippen LogP contribution >= 0.6 is 0 Å². The lowest BCUT2D eigenvalue weighted by atomic mass is 10.2. The van der Waals surface area contributed by atoms with Crippen molar-refractivity contribution >= 4 is 11.8 Å². The molecule has 2 aromatic rings. The Morgan fingerprint density at radius 1 is 1.00 bits per heavy atom. The molecule has 0 unspecified atom stereocenters. The fourth-order valence-electron chi connectivity index (χ4n) is 2.05. The number of rotatable bonds is 2. The summed E-state index contributed by atoms with van der Waals surface area (Å²) in [5, 5.41) is 11.1. The maximum atomic E-state index is 5.58. The van der Waals surface area contributed by atoms with Gasteiger partial charge in [0.05, 0.1) is 0 Å². The Bertz CT molecular complexity index is 514. The first-order valence-corrected chi connectivity index (χ1v) is 6.01. The van der Waals surface area contributed by atoms with E-state index in [2.05, 4.69) is 30.0 Å². The highest BCUT2D eigenvalue weighted by atomic mass is 16.6. The lowest BCUT2D eigenvalue weighted by molar-refractivity contribution is 0.308. The van der Waals surface area contributed by atoms with Gasteiger partial charge in [0.1, 0.15) is 0 Å². The summed E-state index contributed by atoms with van der Waals surface area (Å²) in [5.41, 5.74) is 5.87. The Labute approximate surface area is 103 Å². The van der Waals surface area contributed by atoms with Crippen molar-refractivity contribution < 1.29 is 9.15 Å². The minimum atomic E-state index is 0.154. The molecule has 2 aromatic heterocycles. The van der Waals surface area contributed by atoms with E-state index in [9.17, 15) is 0 Å². The highest BCUT2D eigenvalue weighted by Crippen LogP contribution is 2.23. The van der Waals surface area contributed by atoms with E-state index in [0.29, 0.717) is 11.6 Å². The molecular formula is C10H14N6O2. The van der Waals surface area contributed by atoms with Crippen LogP contribution in [-0.2, 0) is 0 Å². The molecule has 96 valence electrons. The molecule has 0 spiro atoms. The van der Waals surface area contributed by atoms with E-state index in [1.807, 2.05) is 0 Å². The van der Waals surface area contributed by atoms with Crippen molar-refractivity contribution in [2.75, 3.05) is 23.7 Å². The van der Waals surface area contributed by atoms with Crippen molar-refractivity contribution in [2.45, 2.75) is 25.7 Å². The third-order valence-corrected chi connectivity index (χ3v) is 3.02. The minimum absolute atomic E-state index is 0.154. The van der Waals surface area contributed by atoms with Crippen molar-refractivity contribution in [2.24, 2.45) is 0 Å². The first kappa shape index (κ1) is 11.0. The number of aromatic nitrogens is 4. The normalized spacial score (nSPS) is 16.8. The van der Waals surface area contributed by atoms with E-state index in [0.717, 1.165) is 25.9 Å². The molecule has 3 heterocycles. The van der Waals surface area contributed by atoms with Gasteiger partial charge in [-0.15, -0.1) is 0 Å². The first-order chi connectivity index (χ1) is 8.84. The molecule has 0 aliphatic carbocycles. The van der Waals surface area contributed by atoms with Gasteiger partial charge in [-0.1, -0.05) is 12.8 Å². The first-order valence-electron chi connectivity index (χ1n) is 6.01. The van der Waals surface area contributed by atoms with E-state index in [-0.39, 0.29) is 11.7 Å². The molecule has 0 amide bonds. The highest BCUT2D eigenvalue weighted by molar-refractivity contribution is 5.61. The van der Waals surface area contributed by atoms with E-state index >= 15 is 0 Å². The summed E-state index contributed by atoms with van der Waals surface area (Å²) in [6.45, 7) is 1.90. The maximum Gasteiger partial charge on any atom is 0.285 e. The monoisotopic (exact) mass is 250 g/mol. The highest BCUT2D eigenvalue weighted by Gasteiger charge is 2.20. The van der Waals surface area contributed by atoms with Crippen LogP contribution in [0.15, 0.2) is 9.15 Å². The number of nitrogens with two attached hydrogens (primary N) is 1. The molecule has 0 saturated carbocycles. The summed E-state index contributed by atoms with van der Waals surface area (Å²) in [6, 6.07) is 0. The molecule has 0 aromatic carbocycles. The van der Waals surface area contributed by atoms with Gasteiger partial charge >= 0.3 is 0 Å². The van der Waals surface area contributed by atoms with Gasteiger partial charge in [0.2, 0.25) is 11.5 Å². The second-order valence-corrected chi connectivity index (χ2v) is 4.30. The lowest BCUT2D eigenvalue weighted by Gasteiger charge is -2.16. The van der Waals surface area contributed by atoms with Crippen LogP contribution in [-0.4, -0.2) is 33.5 Å². The van der Waals surface area contributed by atoms with Crippen LogP contribution in [0.2, 0.25) is 0 Å². The zero-order valence-corrected chi connectivity index (χ0v) is 9.87. The van der Waals surface area contributed by atoms with Crippen LogP contribution in [0, 0.1) is 0 Å². The molecule has 3 rings (SSSR count). The number of anilines is 2. The molecule has 1 aliphatic heterocycles. The average molecular weight is 250 g/mol. The molecule has 0 bridgehead atoms. The number of nitrogens with zero attached hydrogens (tertiary/aromatic N) is 5. The second-order valence-electron chi connectivity index (χ2n) is 4.30. The Balaban J connectivity index is 1.82. The van der Waals surface area contributed by atoms with Crippen molar-refractivity contribution in [1.82, 2.24) is 20.5 Å². The molecular weight excluding hydrogens is 236 g/mol. The second kappa shape index (κ2) is 4.63. The van der Waals surface area contributed by atoms with Crippen LogP contribution < -0.4 is 10.6 Å². The molecule has 1 aliphatic rings. The van der Waals surface area contributed by atoms with E-state index in [4.69, 9.17) is 10.3 Å². The zero-order chi connectivity index (χ0) is 12.4. The summed E-state index contributed by atoms with van der Waals surface area (Å²) in [4.78, 5) is 6.40. The van der Waals surface area contributed by atoms with Crippen molar-refractivity contribution in [3.8, 4) is 11.6 Å². The largest absolute Gasteiger partial charge is 0.379 e. The van der Waals surface area contributed by atoms with Gasteiger partial charge in [-0.2, -0.15) is 4.98 Å². The predicted molar refractivity (Wildman–Crippen MR) is 62.7 cm³/mol. The quantitative estimate of drug-likeness (QED) is 0.843. The third kappa shape index (κ3) is 2.01. The smallest absolute Gasteiger partial charge is 0.285 e. The predicted octanol–water partition coefficient (Wildman–Crippen LogP) is 1.08. The number of hydrogen-bond donors (Lipinski definition) is 1. The molecule has 18 heavy (non-hydrogen) atoms.